The van der Waals surface area contributed by atoms with Gasteiger partial charge < -0.3 is 15.4 Å². The zero-order chi connectivity index (χ0) is 14.9. The van der Waals surface area contributed by atoms with E-state index in [-0.39, 0.29) is 5.91 Å². The van der Waals surface area contributed by atoms with E-state index in [0.717, 1.165) is 57.9 Å². The zero-order valence-electron chi connectivity index (χ0n) is 12.5. The van der Waals surface area contributed by atoms with Crippen LogP contribution in [0.5, 0.6) is 5.75 Å². The molecule has 116 valence electrons. The molecular weight excluding hydrogens is 266 g/mol. The summed E-state index contributed by atoms with van der Waals surface area (Å²) < 4.78 is 5.68. The van der Waals surface area contributed by atoms with E-state index >= 15 is 0 Å². The SMILES string of the molecule is NC(=O)CN1CCN(CCCCOc2ccccc2)CC1. The summed E-state index contributed by atoms with van der Waals surface area (Å²) in [6.45, 7) is 6.17. The van der Waals surface area contributed by atoms with Crippen LogP contribution in [0, 0.1) is 0 Å². The van der Waals surface area contributed by atoms with Gasteiger partial charge in [0.1, 0.15) is 5.75 Å². The van der Waals surface area contributed by atoms with Crippen molar-refractivity contribution in [3.63, 3.8) is 0 Å². The van der Waals surface area contributed by atoms with Gasteiger partial charge in [0, 0.05) is 26.2 Å². The van der Waals surface area contributed by atoms with E-state index in [1.165, 1.54) is 0 Å². The van der Waals surface area contributed by atoms with Crippen molar-refractivity contribution in [3.8, 4) is 5.75 Å². The lowest BCUT2D eigenvalue weighted by molar-refractivity contribution is -0.119. The van der Waals surface area contributed by atoms with Crippen LogP contribution in [0.1, 0.15) is 12.8 Å². The molecule has 1 aliphatic rings. The molecule has 1 aromatic rings. The molecule has 21 heavy (non-hydrogen) atoms. The molecular formula is C16H25N3O2. The number of hydrogen-bond acceptors (Lipinski definition) is 4. The lowest BCUT2D eigenvalue weighted by Crippen LogP contribution is -2.48. The summed E-state index contributed by atoms with van der Waals surface area (Å²) in [4.78, 5) is 15.4. The van der Waals surface area contributed by atoms with Gasteiger partial charge in [-0.25, -0.2) is 0 Å². The Morgan fingerprint density at radius 3 is 2.38 bits per heavy atom. The summed E-state index contributed by atoms with van der Waals surface area (Å²) in [6.07, 6.45) is 2.21. The lowest BCUT2D eigenvalue weighted by Gasteiger charge is -2.33. The number of nitrogens with zero attached hydrogens (tertiary/aromatic N) is 2. The number of para-hydroxylation sites is 1. The van der Waals surface area contributed by atoms with Crippen LogP contribution in [0.2, 0.25) is 0 Å². The highest BCUT2D eigenvalue weighted by Gasteiger charge is 2.17. The maximum Gasteiger partial charge on any atom is 0.231 e. The number of nitrogens with two attached hydrogens (primary N) is 1. The van der Waals surface area contributed by atoms with Gasteiger partial charge in [0.15, 0.2) is 0 Å². The topological polar surface area (TPSA) is 58.8 Å². The van der Waals surface area contributed by atoms with Gasteiger partial charge in [-0.05, 0) is 31.5 Å². The minimum atomic E-state index is -0.235. The molecule has 0 spiro atoms. The van der Waals surface area contributed by atoms with E-state index in [9.17, 15) is 4.79 Å². The molecule has 1 heterocycles. The number of primary amides is 1. The first kappa shape index (κ1) is 15.8. The van der Waals surface area contributed by atoms with Crippen molar-refractivity contribution >= 4 is 5.91 Å². The van der Waals surface area contributed by atoms with E-state index in [1.807, 2.05) is 30.3 Å². The number of piperazine rings is 1. The minimum absolute atomic E-state index is 0.235. The fourth-order valence-electron chi connectivity index (χ4n) is 2.54. The molecule has 1 fully saturated rings. The Bertz CT molecular complexity index is 417. The summed E-state index contributed by atoms with van der Waals surface area (Å²) >= 11 is 0. The average molecular weight is 291 g/mol. The predicted molar refractivity (Wildman–Crippen MR) is 83.2 cm³/mol. The van der Waals surface area contributed by atoms with Crippen LogP contribution >= 0.6 is 0 Å². The minimum Gasteiger partial charge on any atom is -0.494 e. The van der Waals surface area contributed by atoms with E-state index < -0.39 is 0 Å². The normalized spacial score (nSPS) is 16.8. The van der Waals surface area contributed by atoms with Crippen molar-refractivity contribution < 1.29 is 9.53 Å². The number of benzene rings is 1. The first-order valence-electron chi connectivity index (χ1n) is 7.65. The molecule has 1 saturated heterocycles. The molecule has 0 aromatic heterocycles. The van der Waals surface area contributed by atoms with Crippen LogP contribution in [0.15, 0.2) is 30.3 Å². The Balaban J connectivity index is 1.51. The Hall–Kier alpha value is -1.59. The number of hydrogen-bond donors (Lipinski definition) is 1. The predicted octanol–water partition coefficient (Wildman–Crippen LogP) is 0.948. The standard InChI is InChI=1S/C16H25N3O2/c17-16(20)14-19-11-9-18(10-12-19)8-4-5-13-21-15-6-2-1-3-7-15/h1-3,6-7H,4-5,8-14H2,(H2,17,20). The fraction of sp³-hybridized carbons (Fsp3) is 0.562. The van der Waals surface area contributed by atoms with Crippen LogP contribution in [-0.4, -0.2) is 61.6 Å². The summed E-state index contributed by atoms with van der Waals surface area (Å²) in [5.41, 5.74) is 5.21. The second-order valence-corrected chi connectivity index (χ2v) is 5.45. The van der Waals surface area contributed by atoms with Crippen molar-refractivity contribution in [1.82, 2.24) is 9.80 Å². The van der Waals surface area contributed by atoms with Gasteiger partial charge in [0.05, 0.1) is 13.2 Å². The maximum absolute atomic E-state index is 10.9. The first-order chi connectivity index (χ1) is 10.2. The van der Waals surface area contributed by atoms with Crippen molar-refractivity contribution in [3.05, 3.63) is 30.3 Å². The summed E-state index contributed by atoms with van der Waals surface area (Å²) in [5.74, 6) is 0.707. The molecule has 0 aliphatic carbocycles. The maximum atomic E-state index is 10.9. The molecule has 2 N–H and O–H groups in total. The van der Waals surface area contributed by atoms with Crippen LogP contribution in [0.3, 0.4) is 0 Å². The molecule has 0 bridgehead atoms. The van der Waals surface area contributed by atoms with Crippen molar-refractivity contribution in [2.45, 2.75) is 12.8 Å². The Morgan fingerprint density at radius 2 is 1.71 bits per heavy atom. The third-order valence-electron chi connectivity index (χ3n) is 3.72. The Labute approximate surface area is 126 Å². The molecule has 1 aromatic carbocycles. The summed E-state index contributed by atoms with van der Waals surface area (Å²) in [5, 5.41) is 0. The number of amides is 1. The van der Waals surface area contributed by atoms with Gasteiger partial charge in [0.25, 0.3) is 0 Å². The lowest BCUT2D eigenvalue weighted by atomic mass is 10.2. The van der Waals surface area contributed by atoms with Crippen LogP contribution in [-0.2, 0) is 4.79 Å². The van der Waals surface area contributed by atoms with E-state index in [1.54, 1.807) is 0 Å². The molecule has 5 heteroatoms. The molecule has 1 aliphatic heterocycles. The average Bonchev–Trinajstić information content (AvgIpc) is 2.49. The van der Waals surface area contributed by atoms with Crippen molar-refractivity contribution in [1.29, 1.82) is 0 Å². The van der Waals surface area contributed by atoms with Gasteiger partial charge in [-0.3, -0.25) is 9.69 Å². The molecule has 1 amide bonds. The second-order valence-electron chi connectivity index (χ2n) is 5.45. The van der Waals surface area contributed by atoms with Gasteiger partial charge in [-0.1, -0.05) is 18.2 Å². The van der Waals surface area contributed by atoms with E-state index in [0.29, 0.717) is 6.54 Å². The van der Waals surface area contributed by atoms with Crippen LogP contribution in [0.4, 0.5) is 0 Å². The highest BCUT2D eigenvalue weighted by Crippen LogP contribution is 2.09. The van der Waals surface area contributed by atoms with E-state index in [4.69, 9.17) is 10.5 Å². The van der Waals surface area contributed by atoms with Crippen LogP contribution in [0.25, 0.3) is 0 Å². The number of carbonyl (C=O) groups excluding carboxylic acids is 1. The van der Waals surface area contributed by atoms with Gasteiger partial charge >= 0.3 is 0 Å². The third-order valence-corrected chi connectivity index (χ3v) is 3.72. The molecule has 0 unspecified atom stereocenters. The zero-order valence-corrected chi connectivity index (χ0v) is 12.5. The van der Waals surface area contributed by atoms with Gasteiger partial charge in [-0.15, -0.1) is 0 Å². The van der Waals surface area contributed by atoms with Gasteiger partial charge in [0.2, 0.25) is 5.91 Å². The second kappa shape index (κ2) is 8.64. The number of carbonyl (C=O) groups is 1. The number of ether oxygens (including phenoxy) is 1. The van der Waals surface area contributed by atoms with Crippen molar-refractivity contribution in [2.75, 3.05) is 45.9 Å². The van der Waals surface area contributed by atoms with Crippen molar-refractivity contribution in [2.24, 2.45) is 5.73 Å². The molecule has 0 saturated carbocycles. The van der Waals surface area contributed by atoms with Crippen LogP contribution < -0.4 is 10.5 Å². The quantitative estimate of drug-likeness (QED) is 0.725. The highest BCUT2D eigenvalue weighted by molar-refractivity contribution is 5.75. The molecule has 0 atom stereocenters. The third kappa shape index (κ3) is 6.14. The fourth-order valence-corrected chi connectivity index (χ4v) is 2.54. The number of rotatable bonds is 8. The Kier molecular flexibility index (Phi) is 6.50. The molecule has 5 nitrogen and oxygen atoms in total. The van der Waals surface area contributed by atoms with E-state index in [2.05, 4.69) is 9.80 Å². The number of unbranched alkanes of at least 4 members (excludes halogenated alkanes) is 1. The molecule has 2 rings (SSSR count). The first-order valence-corrected chi connectivity index (χ1v) is 7.65. The largest absolute Gasteiger partial charge is 0.494 e. The molecule has 0 radical (unpaired) electrons. The summed E-state index contributed by atoms with van der Waals surface area (Å²) in [7, 11) is 0. The monoisotopic (exact) mass is 291 g/mol. The highest BCUT2D eigenvalue weighted by atomic mass is 16.5. The summed E-state index contributed by atoms with van der Waals surface area (Å²) in [6, 6.07) is 9.93. The smallest absolute Gasteiger partial charge is 0.231 e. The van der Waals surface area contributed by atoms with Gasteiger partial charge in [-0.2, -0.15) is 0 Å². The Morgan fingerprint density at radius 1 is 1.05 bits per heavy atom.